The largest absolute Gasteiger partial charge is 0.494 e. The van der Waals surface area contributed by atoms with E-state index in [0.717, 1.165) is 16.5 Å². The summed E-state index contributed by atoms with van der Waals surface area (Å²) >= 11 is 0. The molecule has 0 heterocycles. The second-order valence-corrected chi connectivity index (χ2v) is 6.57. The van der Waals surface area contributed by atoms with E-state index in [1.54, 1.807) is 18.2 Å². The topological polar surface area (TPSA) is 75.6 Å². The Morgan fingerprint density at radius 2 is 1.86 bits per heavy atom. The lowest BCUT2D eigenvalue weighted by molar-refractivity contribution is 0.198. The van der Waals surface area contributed by atoms with E-state index in [1.165, 1.54) is 6.92 Å². The zero-order valence-corrected chi connectivity index (χ0v) is 12.9. The second-order valence-electron chi connectivity index (χ2n) is 4.80. The van der Waals surface area contributed by atoms with Gasteiger partial charge in [-0.1, -0.05) is 12.1 Å². The number of rotatable bonds is 6. The van der Waals surface area contributed by atoms with Gasteiger partial charge in [0.2, 0.25) is 10.0 Å². The Balaban J connectivity index is 2.32. The van der Waals surface area contributed by atoms with Crippen LogP contribution in [0.3, 0.4) is 0 Å². The zero-order chi connectivity index (χ0) is 15.5. The summed E-state index contributed by atoms with van der Waals surface area (Å²) < 4.78 is 32.0. The van der Waals surface area contributed by atoms with Crippen LogP contribution in [0.15, 0.2) is 41.3 Å². The van der Waals surface area contributed by atoms with Crippen molar-refractivity contribution in [1.82, 2.24) is 4.72 Å². The number of hydrogen-bond donors (Lipinski definition) is 2. The Bertz CT molecular complexity index is 726. The molecule has 0 radical (unpaired) electrons. The molecule has 2 N–H and O–H groups in total. The third kappa shape index (κ3) is 3.93. The molecule has 0 aromatic heterocycles. The molecular weight excluding hydrogens is 290 g/mol. The molecule has 2 rings (SSSR count). The van der Waals surface area contributed by atoms with Gasteiger partial charge in [-0.3, -0.25) is 0 Å². The highest BCUT2D eigenvalue weighted by Gasteiger charge is 2.15. The van der Waals surface area contributed by atoms with E-state index in [1.807, 2.05) is 25.1 Å². The van der Waals surface area contributed by atoms with Gasteiger partial charge >= 0.3 is 0 Å². The van der Waals surface area contributed by atoms with Gasteiger partial charge in [0.1, 0.15) is 5.75 Å². The Labute approximate surface area is 124 Å². The fraction of sp³-hybridized carbons (Fsp3) is 0.333. The van der Waals surface area contributed by atoms with E-state index >= 15 is 0 Å². The normalized spacial score (nSPS) is 13.3. The van der Waals surface area contributed by atoms with Crippen LogP contribution in [-0.4, -0.2) is 32.8 Å². The molecule has 0 bridgehead atoms. The number of hydrogen-bond acceptors (Lipinski definition) is 4. The molecule has 5 nitrogen and oxygen atoms in total. The maximum Gasteiger partial charge on any atom is 0.240 e. The number of sulfonamides is 1. The van der Waals surface area contributed by atoms with Gasteiger partial charge in [0.15, 0.2) is 0 Å². The van der Waals surface area contributed by atoms with Crippen LogP contribution >= 0.6 is 0 Å². The molecule has 0 amide bonds. The summed E-state index contributed by atoms with van der Waals surface area (Å²) in [6.45, 7) is 4.01. The van der Waals surface area contributed by atoms with Crippen molar-refractivity contribution in [3.8, 4) is 5.75 Å². The van der Waals surface area contributed by atoms with Crippen LogP contribution in [0, 0.1) is 0 Å². The first-order valence-electron chi connectivity index (χ1n) is 6.76. The van der Waals surface area contributed by atoms with E-state index in [9.17, 15) is 13.5 Å². The zero-order valence-electron chi connectivity index (χ0n) is 12.0. The van der Waals surface area contributed by atoms with Crippen molar-refractivity contribution in [2.24, 2.45) is 0 Å². The SMILES string of the molecule is CCOc1ccc2cc(S(=O)(=O)NCC(C)O)ccc2c1. The van der Waals surface area contributed by atoms with Gasteiger partial charge in [-0.15, -0.1) is 0 Å². The van der Waals surface area contributed by atoms with Crippen molar-refractivity contribution in [2.75, 3.05) is 13.2 Å². The molecule has 21 heavy (non-hydrogen) atoms. The molecule has 0 aliphatic carbocycles. The summed E-state index contributed by atoms with van der Waals surface area (Å²) in [7, 11) is -3.61. The highest BCUT2D eigenvalue weighted by atomic mass is 32.2. The van der Waals surface area contributed by atoms with Crippen LogP contribution in [-0.2, 0) is 10.0 Å². The van der Waals surface area contributed by atoms with Crippen molar-refractivity contribution in [1.29, 1.82) is 0 Å². The third-order valence-corrected chi connectivity index (χ3v) is 4.39. The Kier molecular flexibility index (Phi) is 4.82. The van der Waals surface area contributed by atoms with E-state index in [2.05, 4.69) is 4.72 Å². The van der Waals surface area contributed by atoms with E-state index in [-0.39, 0.29) is 11.4 Å². The van der Waals surface area contributed by atoms with E-state index in [0.29, 0.717) is 6.61 Å². The van der Waals surface area contributed by atoms with Crippen LogP contribution in [0.25, 0.3) is 10.8 Å². The molecule has 0 saturated heterocycles. The maximum atomic E-state index is 12.1. The third-order valence-electron chi connectivity index (χ3n) is 2.97. The molecule has 0 fully saturated rings. The highest BCUT2D eigenvalue weighted by molar-refractivity contribution is 7.89. The van der Waals surface area contributed by atoms with Crippen molar-refractivity contribution >= 4 is 20.8 Å². The predicted molar refractivity (Wildman–Crippen MR) is 82.0 cm³/mol. The van der Waals surface area contributed by atoms with Crippen molar-refractivity contribution in [3.63, 3.8) is 0 Å². The Morgan fingerprint density at radius 1 is 1.19 bits per heavy atom. The molecule has 6 heteroatoms. The minimum Gasteiger partial charge on any atom is -0.494 e. The monoisotopic (exact) mass is 309 g/mol. The fourth-order valence-electron chi connectivity index (χ4n) is 1.94. The van der Waals surface area contributed by atoms with Gasteiger partial charge in [0, 0.05) is 6.54 Å². The lowest BCUT2D eigenvalue weighted by atomic mass is 10.1. The maximum absolute atomic E-state index is 12.1. The van der Waals surface area contributed by atoms with Crippen LogP contribution in [0.5, 0.6) is 5.75 Å². The van der Waals surface area contributed by atoms with Gasteiger partial charge in [-0.2, -0.15) is 0 Å². The van der Waals surface area contributed by atoms with E-state index < -0.39 is 16.1 Å². The average Bonchev–Trinajstić information content (AvgIpc) is 2.45. The number of ether oxygens (including phenoxy) is 1. The summed E-state index contributed by atoms with van der Waals surface area (Å²) in [5.41, 5.74) is 0. The first-order valence-corrected chi connectivity index (χ1v) is 8.25. The van der Waals surface area contributed by atoms with Gasteiger partial charge < -0.3 is 9.84 Å². The smallest absolute Gasteiger partial charge is 0.240 e. The lowest BCUT2D eigenvalue weighted by Crippen LogP contribution is -2.30. The molecule has 1 unspecified atom stereocenters. The minimum absolute atomic E-state index is 0.0103. The highest BCUT2D eigenvalue weighted by Crippen LogP contribution is 2.23. The summed E-state index contributed by atoms with van der Waals surface area (Å²) in [6, 6.07) is 10.4. The summed E-state index contributed by atoms with van der Waals surface area (Å²) in [5.74, 6) is 0.757. The van der Waals surface area contributed by atoms with Crippen LogP contribution in [0.4, 0.5) is 0 Å². The fourth-order valence-corrected chi connectivity index (χ4v) is 3.10. The summed E-state index contributed by atoms with van der Waals surface area (Å²) in [4.78, 5) is 0.180. The summed E-state index contributed by atoms with van der Waals surface area (Å²) in [6.07, 6.45) is -0.728. The van der Waals surface area contributed by atoms with Crippen molar-refractivity contribution in [2.45, 2.75) is 24.8 Å². The van der Waals surface area contributed by atoms with Gasteiger partial charge in [0.05, 0.1) is 17.6 Å². The van der Waals surface area contributed by atoms with Gasteiger partial charge in [-0.25, -0.2) is 13.1 Å². The number of aliphatic hydroxyl groups excluding tert-OH is 1. The Morgan fingerprint density at radius 3 is 2.52 bits per heavy atom. The number of nitrogens with one attached hydrogen (secondary N) is 1. The minimum atomic E-state index is -3.61. The number of fused-ring (bicyclic) bond motifs is 1. The number of aliphatic hydroxyl groups is 1. The molecule has 2 aromatic carbocycles. The quantitative estimate of drug-likeness (QED) is 0.854. The average molecular weight is 309 g/mol. The molecule has 2 aromatic rings. The summed E-state index contributed by atoms with van der Waals surface area (Å²) in [5, 5.41) is 10.9. The molecule has 114 valence electrons. The molecule has 0 aliphatic heterocycles. The molecule has 1 atom stereocenters. The van der Waals surface area contributed by atoms with E-state index in [4.69, 9.17) is 4.74 Å². The molecule has 0 saturated carbocycles. The predicted octanol–water partition coefficient (Wildman–Crippen LogP) is 1.90. The van der Waals surface area contributed by atoms with Crippen molar-refractivity contribution in [3.05, 3.63) is 36.4 Å². The first-order chi connectivity index (χ1) is 9.92. The van der Waals surface area contributed by atoms with Crippen LogP contribution < -0.4 is 9.46 Å². The molecule has 0 aliphatic rings. The van der Waals surface area contributed by atoms with Gasteiger partial charge in [0.25, 0.3) is 0 Å². The molecule has 0 spiro atoms. The second kappa shape index (κ2) is 6.43. The van der Waals surface area contributed by atoms with Crippen LogP contribution in [0.2, 0.25) is 0 Å². The molecular formula is C15H19NO4S. The number of benzene rings is 2. The first kappa shape index (κ1) is 15.8. The van der Waals surface area contributed by atoms with Crippen LogP contribution in [0.1, 0.15) is 13.8 Å². The van der Waals surface area contributed by atoms with Gasteiger partial charge in [-0.05, 0) is 48.9 Å². The Hall–Kier alpha value is -1.63. The lowest BCUT2D eigenvalue weighted by Gasteiger charge is -2.10. The standard InChI is InChI=1S/C15H19NO4S/c1-3-20-14-6-4-13-9-15(7-5-12(13)8-14)21(18,19)16-10-11(2)17/h4-9,11,16-17H,3,10H2,1-2H3. The van der Waals surface area contributed by atoms with Crippen molar-refractivity contribution < 1.29 is 18.3 Å².